The Morgan fingerprint density at radius 3 is 2.52 bits per heavy atom. The van der Waals surface area contributed by atoms with Gasteiger partial charge in [0.15, 0.2) is 5.82 Å². The van der Waals surface area contributed by atoms with Gasteiger partial charge < -0.3 is 15.3 Å². The van der Waals surface area contributed by atoms with Gasteiger partial charge in [-0.25, -0.2) is 4.39 Å². The van der Waals surface area contributed by atoms with Crippen LogP contribution in [0.4, 0.5) is 10.2 Å². The summed E-state index contributed by atoms with van der Waals surface area (Å²) in [6, 6.07) is 6.56. The number of phenols is 1. The Labute approximate surface area is 194 Å². The first-order valence-electron chi connectivity index (χ1n) is 11.6. The number of fused-ring (bicyclic) bond motifs is 2. The minimum absolute atomic E-state index is 0.119. The van der Waals surface area contributed by atoms with Crippen molar-refractivity contribution in [3.63, 3.8) is 0 Å². The predicted octanol–water partition coefficient (Wildman–Crippen LogP) is 4.93. The third kappa shape index (κ3) is 4.87. The molecule has 2 bridgehead atoms. The van der Waals surface area contributed by atoms with E-state index >= 15 is 0 Å². The first kappa shape index (κ1) is 23.2. The van der Waals surface area contributed by atoms with Crippen molar-refractivity contribution >= 4 is 17.8 Å². The van der Waals surface area contributed by atoms with E-state index in [1.807, 2.05) is 6.07 Å². The highest BCUT2D eigenvalue weighted by Crippen LogP contribution is 2.56. The summed E-state index contributed by atoms with van der Waals surface area (Å²) in [5.74, 6) is -0.250. The molecule has 1 amide bonds. The van der Waals surface area contributed by atoms with E-state index < -0.39 is 5.82 Å². The molecule has 176 valence electrons. The Kier molecular flexibility index (Phi) is 6.16. The molecule has 0 radical (unpaired) electrons. The molecule has 2 aliphatic carbocycles. The predicted molar refractivity (Wildman–Crippen MR) is 128 cm³/mol. The monoisotopic (exact) mass is 452 g/mol. The first-order valence-corrected chi connectivity index (χ1v) is 11.6. The zero-order chi connectivity index (χ0) is 23.8. The van der Waals surface area contributed by atoms with Gasteiger partial charge in [-0.2, -0.15) is 0 Å². The smallest absolute Gasteiger partial charge is 0.243 e. The summed E-state index contributed by atoms with van der Waals surface area (Å²) in [5.41, 5.74) is 1.54. The zero-order valence-corrected chi connectivity index (χ0v) is 19.9. The number of likely N-dealkylation sites (N-methyl/N-ethyl adjacent to an activating group) is 1. The number of hydrogen-bond acceptors (Lipinski definition) is 5. The fourth-order valence-electron chi connectivity index (χ4n) is 5.98. The van der Waals surface area contributed by atoms with E-state index in [-0.39, 0.29) is 22.8 Å². The van der Waals surface area contributed by atoms with Crippen molar-refractivity contribution in [2.24, 2.45) is 10.8 Å². The quantitative estimate of drug-likeness (QED) is 0.629. The van der Waals surface area contributed by atoms with E-state index in [1.165, 1.54) is 57.0 Å². The summed E-state index contributed by atoms with van der Waals surface area (Å²) in [4.78, 5) is 13.6. The van der Waals surface area contributed by atoms with Crippen molar-refractivity contribution < 1.29 is 14.3 Å². The molecule has 2 fully saturated rings. The third-order valence-corrected chi connectivity index (χ3v) is 7.48. The number of halogens is 1. The summed E-state index contributed by atoms with van der Waals surface area (Å²) in [6.45, 7) is 4.84. The Morgan fingerprint density at radius 1 is 1.21 bits per heavy atom. The van der Waals surface area contributed by atoms with Crippen molar-refractivity contribution in [2.45, 2.75) is 58.4 Å². The molecule has 6 nitrogen and oxygen atoms in total. The van der Waals surface area contributed by atoms with Crippen molar-refractivity contribution in [3.05, 3.63) is 41.7 Å². The van der Waals surface area contributed by atoms with Gasteiger partial charge in [-0.15, -0.1) is 10.2 Å². The first-order chi connectivity index (χ1) is 15.6. The van der Waals surface area contributed by atoms with Gasteiger partial charge in [-0.05, 0) is 73.3 Å². The highest BCUT2D eigenvalue weighted by molar-refractivity contribution is 5.91. The highest BCUT2D eigenvalue weighted by atomic mass is 19.1. The number of aromatic hydroxyl groups is 1. The second kappa shape index (κ2) is 8.76. The summed E-state index contributed by atoms with van der Waals surface area (Å²) in [7, 11) is 3.57. The van der Waals surface area contributed by atoms with Crippen molar-refractivity contribution in [1.29, 1.82) is 0 Å². The second-order valence-electron chi connectivity index (χ2n) is 10.4. The number of rotatable bonds is 5. The Hall–Kier alpha value is -2.96. The van der Waals surface area contributed by atoms with Crippen LogP contribution in [-0.2, 0) is 4.79 Å². The van der Waals surface area contributed by atoms with Crippen LogP contribution in [0.3, 0.4) is 0 Å². The molecule has 1 aromatic heterocycles. The average Bonchev–Trinajstić information content (AvgIpc) is 2.77. The molecule has 1 heterocycles. The molecule has 0 unspecified atom stereocenters. The van der Waals surface area contributed by atoms with Crippen LogP contribution in [0.5, 0.6) is 5.75 Å². The van der Waals surface area contributed by atoms with Crippen molar-refractivity contribution in [3.8, 4) is 17.0 Å². The maximum Gasteiger partial charge on any atom is 0.243 e. The summed E-state index contributed by atoms with van der Waals surface area (Å²) in [6.07, 6.45) is 10.0. The summed E-state index contributed by atoms with van der Waals surface area (Å²) >= 11 is 0. The number of carbonyl (C=O) groups is 1. The van der Waals surface area contributed by atoms with Gasteiger partial charge in [-0.3, -0.25) is 4.79 Å². The van der Waals surface area contributed by atoms with E-state index in [0.717, 1.165) is 18.7 Å². The maximum atomic E-state index is 14.6. The second-order valence-corrected chi connectivity index (χ2v) is 10.4. The van der Waals surface area contributed by atoms with E-state index in [0.29, 0.717) is 22.6 Å². The SMILES string of the molecule is CNC(=O)/C=C/c1cc(O)c(-c2ccc(N(C)[C@H]3C[C@]4(C)CCC[C@](C)(C3)C4)nn2)cc1F. The van der Waals surface area contributed by atoms with Crippen LogP contribution in [0.15, 0.2) is 30.3 Å². The van der Waals surface area contributed by atoms with Gasteiger partial charge >= 0.3 is 0 Å². The normalized spacial score (nSPS) is 26.9. The fourth-order valence-corrected chi connectivity index (χ4v) is 5.98. The standard InChI is InChI=1S/C26H33FN4O2/c1-25-10-5-11-26(2,16-25)15-18(14-25)31(4)23-8-7-21(29-30-23)19-13-20(27)17(12-22(19)32)6-9-24(33)28-3/h6-9,12-13,18,32H,5,10-11,14-16H2,1-4H3,(H,28,33)/b9-6+/t18-,25-,26+. The molecule has 0 saturated heterocycles. The molecule has 7 heteroatoms. The maximum absolute atomic E-state index is 14.6. The van der Waals surface area contributed by atoms with E-state index in [9.17, 15) is 14.3 Å². The molecule has 2 saturated carbocycles. The Bertz CT molecular complexity index is 1050. The Balaban J connectivity index is 1.53. The lowest BCUT2D eigenvalue weighted by Crippen LogP contribution is -2.49. The van der Waals surface area contributed by atoms with Crippen molar-refractivity contribution in [1.82, 2.24) is 15.5 Å². The number of anilines is 1. The van der Waals surface area contributed by atoms with E-state index in [1.54, 1.807) is 6.07 Å². The number of hydrogen-bond donors (Lipinski definition) is 2. The van der Waals surface area contributed by atoms with Crippen LogP contribution >= 0.6 is 0 Å². The van der Waals surface area contributed by atoms with E-state index in [2.05, 4.69) is 41.3 Å². The van der Waals surface area contributed by atoms with Crippen LogP contribution in [0, 0.1) is 16.6 Å². The molecule has 33 heavy (non-hydrogen) atoms. The number of carbonyl (C=O) groups excluding carboxylic acids is 1. The number of amides is 1. The van der Waals surface area contributed by atoms with Crippen LogP contribution in [0.1, 0.15) is 57.9 Å². The lowest BCUT2D eigenvalue weighted by Gasteiger charge is -2.54. The lowest BCUT2D eigenvalue weighted by molar-refractivity contribution is -0.115. The van der Waals surface area contributed by atoms with Gasteiger partial charge in [0.1, 0.15) is 11.6 Å². The molecule has 3 atom stereocenters. The highest BCUT2D eigenvalue weighted by Gasteiger charge is 2.47. The zero-order valence-electron chi connectivity index (χ0n) is 19.9. The lowest BCUT2D eigenvalue weighted by atomic mass is 9.55. The average molecular weight is 453 g/mol. The molecular formula is C26H33FN4O2. The van der Waals surface area contributed by atoms with Crippen molar-refractivity contribution in [2.75, 3.05) is 19.0 Å². The topological polar surface area (TPSA) is 78.4 Å². The number of benzene rings is 1. The van der Waals surface area contributed by atoms with Gasteiger partial charge in [0, 0.05) is 37.3 Å². The molecule has 2 aromatic rings. The number of nitrogens with zero attached hydrogens (tertiary/aromatic N) is 3. The van der Waals surface area contributed by atoms with E-state index in [4.69, 9.17) is 0 Å². The molecule has 1 aromatic carbocycles. The van der Waals surface area contributed by atoms with Gasteiger partial charge in [0.25, 0.3) is 0 Å². The largest absolute Gasteiger partial charge is 0.507 e. The van der Waals surface area contributed by atoms with Crippen LogP contribution in [0.25, 0.3) is 17.3 Å². The fraction of sp³-hybridized carbons (Fsp3) is 0.500. The minimum atomic E-state index is -0.554. The number of phenolic OH excluding ortho intramolecular Hbond substituents is 1. The Morgan fingerprint density at radius 2 is 1.91 bits per heavy atom. The third-order valence-electron chi connectivity index (χ3n) is 7.48. The van der Waals surface area contributed by atoms with Gasteiger partial charge in [-0.1, -0.05) is 20.3 Å². The molecule has 0 spiro atoms. The van der Waals surface area contributed by atoms with Gasteiger partial charge in [0.05, 0.1) is 5.69 Å². The number of nitrogens with one attached hydrogen (secondary N) is 1. The molecule has 0 aliphatic heterocycles. The molecular weight excluding hydrogens is 419 g/mol. The van der Waals surface area contributed by atoms with Crippen LogP contribution in [-0.4, -0.2) is 41.3 Å². The summed E-state index contributed by atoms with van der Waals surface area (Å²) in [5, 5.41) is 21.6. The molecule has 2 aliphatic rings. The van der Waals surface area contributed by atoms with Crippen LogP contribution < -0.4 is 10.2 Å². The molecule has 2 N–H and O–H groups in total. The number of aromatic nitrogens is 2. The van der Waals surface area contributed by atoms with Crippen LogP contribution in [0.2, 0.25) is 0 Å². The molecule has 4 rings (SSSR count). The minimum Gasteiger partial charge on any atom is -0.507 e. The van der Waals surface area contributed by atoms with Gasteiger partial charge in [0.2, 0.25) is 5.91 Å². The summed E-state index contributed by atoms with van der Waals surface area (Å²) < 4.78 is 14.6.